The van der Waals surface area contributed by atoms with Crippen molar-refractivity contribution in [1.82, 2.24) is 25.3 Å². The Kier molecular flexibility index (Phi) is 21.2. The Morgan fingerprint density at radius 2 is 1.14 bits per heavy atom. The van der Waals surface area contributed by atoms with Gasteiger partial charge < -0.3 is 33.7 Å². The molecule has 5 amide bonds. The molecule has 3 N–H and O–H groups in total. The van der Waals surface area contributed by atoms with Crippen LogP contribution in [-0.2, 0) is 23.7 Å². The molecule has 0 unspecified atom stereocenters. The number of carbonyl (C=O) groups excluding carboxylic acids is 5. The van der Waals surface area contributed by atoms with Crippen LogP contribution in [0, 0.1) is 5.41 Å². The second kappa shape index (κ2) is 24.8. The highest BCUT2D eigenvalue weighted by Crippen LogP contribution is 2.20. The molecule has 1 heterocycles. The molecule has 0 saturated carbocycles. The Balaban J connectivity index is 2.23. The number of hydrogen-bond acceptors (Lipinski definition) is 14. The van der Waals surface area contributed by atoms with E-state index in [9.17, 15) is 24.0 Å². The van der Waals surface area contributed by atoms with Crippen molar-refractivity contribution in [1.29, 1.82) is 5.41 Å². The summed E-state index contributed by atoms with van der Waals surface area (Å²) < 4.78 is 33.9. The molecule has 1 aliphatic heterocycles. The van der Waals surface area contributed by atoms with Gasteiger partial charge in [0.2, 0.25) is 11.9 Å². The molecule has 0 atom stereocenters. The molecule has 0 saturated heterocycles. The van der Waals surface area contributed by atoms with Crippen molar-refractivity contribution < 1.29 is 52.4 Å². The van der Waals surface area contributed by atoms with Crippen molar-refractivity contribution in [2.24, 2.45) is 9.98 Å². The fourth-order valence-corrected chi connectivity index (χ4v) is 5.82. The molecule has 66 heavy (non-hydrogen) atoms. The maximum atomic E-state index is 14.0. The lowest BCUT2D eigenvalue weighted by Gasteiger charge is -2.34. The minimum absolute atomic E-state index is 0.0539. The van der Waals surface area contributed by atoms with Gasteiger partial charge in [0.15, 0.2) is 0 Å². The lowest BCUT2D eigenvalue weighted by Crippen LogP contribution is -2.53. The first-order valence-electron chi connectivity index (χ1n) is 22.8. The van der Waals surface area contributed by atoms with Crippen LogP contribution in [0.4, 0.5) is 24.0 Å². The van der Waals surface area contributed by atoms with Crippen molar-refractivity contribution >= 4 is 48.2 Å². The topological polar surface area (TPSA) is 223 Å². The second-order valence-corrected chi connectivity index (χ2v) is 20.8. The van der Waals surface area contributed by atoms with Gasteiger partial charge in [-0.1, -0.05) is 25.7 Å². The van der Waals surface area contributed by atoms with Gasteiger partial charge in [0.1, 0.15) is 39.6 Å². The smallest absolute Gasteiger partial charge is 0.437 e. The van der Waals surface area contributed by atoms with E-state index in [0.29, 0.717) is 49.7 Å². The SMILES string of the molecule is CC(C)(C)OC(=O)N=C(N(CCCCCCCCNC1=NCCN1C(=O)OC(C)(C)C)C(=O)OC(C)(C)C)N(CCCOc1ccc(C(=N)NC(=O)OC(C)(C)C)cc1)C(=O)OC(C)(C)C. The number of hydrogen-bond donors (Lipinski definition) is 3. The van der Waals surface area contributed by atoms with E-state index in [1.165, 1.54) is 9.80 Å². The molecule has 0 radical (unpaired) electrons. The van der Waals surface area contributed by atoms with Crippen LogP contribution >= 0.6 is 0 Å². The van der Waals surface area contributed by atoms with E-state index < -0.39 is 58.5 Å². The maximum Gasteiger partial charge on any atom is 0.437 e. The molecule has 2 rings (SSSR count). The molecule has 19 heteroatoms. The van der Waals surface area contributed by atoms with E-state index in [2.05, 4.69) is 20.6 Å². The van der Waals surface area contributed by atoms with E-state index in [4.69, 9.17) is 33.8 Å². The number of unbranched alkanes of at least 4 members (excludes halogenated alkanes) is 5. The zero-order valence-corrected chi connectivity index (χ0v) is 42.2. The molecular weight excluding hydrogens is 853 g/mol. The number of aliphatic imine (C=N–C) groups is 2. The van der Waals surface area contributed by atoms with Crippen molar-refractivity contribution in [2.45, 2.75) is 177 Å². The van der Waals surface area contributed by atoms with Crippen LogP contribution in [0.5, 0.6) is 5.75 Å². The zero-order valence-electron chi connectivity index (χ0n) is 42.2. The number of rotatable bonds is 15. The van der Waals surface area contributed by atoms with Crippen molar-refractivity contribution in [3.05, 3.63) is 29.8 Å². The van der Waals surface area contributed by atoms with Crippen LogP contribution < -0.4 is 15.4 Å². The Bertz CT molecular complexity index is 1850. The number of ether oxygens (including phenoxy) is 6. The molecule has 372 valence electrons. The number of amidine groups is 1. The fourth-order valence-electron chi connectivity index (χ4n) is 5.82. The molecule has 0 spiro atoms. The Hall–Kier alpha value is -5.62. The minimum atomic E-state index is -1.02. The standard InChI is InChI=1S/C47H78N8O11/c1-43(2,3)62-38(56)51-35(48)33-23-25-34(26-24-33)61-32-22-30-55(42(60)66-47(13,14)15)37(52-39(57)63-44(4,5)6)54(41(59)65-46(10,11)12)29-21-19-17-16-18-20-27-49-36-50-28-31-53(36)40(58)64-45(7,8)9/h23-26H,16-22,27-32H2,1-15H3,(H,49,50)(H2,48,51,56). The summed E-state index contributed by atoms with van der Waals surface area (Å²) in [6.45, 7) is 27.6. The van der Waals surface area contributed by atoms with Gasteiger partial charge in [0.25, 0.3) is 0 Å². The number of alkyl carbamates (subject to hydrolysis) is 1. The van der Waals surface area contributed by atoms with Gasteiger partial charge in [-0.3, -0.25) is 15.7 Å². The van der Waals surface area contributed by atoms with Crippen LogP contribution in [0.25, 0.3) is 0 Å². The summed E-state index contributed by atoms with van der Waals surface area (Å²) in [7, 11) is 0. The van der Waals surface area contributed by atoms with Crippen LogP contribution in [0.3, 0.4) is 0 Å². The van der Waals surface area contributed by atoms with Gasteiger partial charge in [0, 0.05) is 25.2 Å². The summed E-state index contributed by atoms with van der Waals surface area (Å²) in [5.41, 5.74) is -3.73. The summed E-state index contributed by atoms with van der Waals surface area (Å²) in [6.07, 6.45) is 1.01. The predicted octanol–water partition coefficient (Wildman–Crippen LogP) is 9.61. The summed E-state index contributed by atoms with van der Waals surface area (Å²) in [4.78, 5) is 78.7. The third kappa shape index (κ3) is 23.5. The van der Waals surface area contributed by atoms with E-state index in [-0.39, 0.29) is 37.9 Å². The lowest BCUT2D eigenvalue weighted by molar-refractivity contribution is 0.0266. The number of benzene rings is 1. The Labute approximate surface area is 392 Å². The van der Waals surface area contributed by atoms with Crippen molar-refractivity contribution in [3.8, 4) is 5.75 Å². The van der Waals surface area contributed by atoms with Gasteiger partial charge in [-0.05, 0) is 147 Å². The number of nitrogens with one attached hydrogen (secondary N) is 3. The first-order valence-corrected chi connectivity index (χ1v) is 22.8. The average Bonchev–Trinajstić information content (AvgIpc) is 3.60. The number of nitrogens with zero attached hydrogens (tertiary/aromatic N) is 5. The highest BCUT2D eigenvalue weighted by molar-refractivity contribution is 6.05. The van der Waals surface area contributed by atoms with E-state index in [1.54, 1.807) is 107 Å². The van der Waals surface area contributed by atoms with Gasteiger partial charge in [0.05, 0.1) is 19.7 Å². The average molecular weight is 931 g/mol. The molecular formula is C47H78N8O11. The number of guanidine groups is 2. The Morgan fingerprint density at radius 3 is 1.65 bits per heavy atom. The van der Waals surface area contributed by atoms with Gasteiger partial charge in [-0.25, -0.2) is 38.7 Å². The third-order valence-corrected chi connectivity index (χ3v) is 8.41. The van der Waals surface area contributed by atoms with Crippen LogP contribution in [-0.4, -0.2) is 130 Å². The summed E-state index contributed by atoms with van der Waals surface area (Å²) in [6, 6.07) is 6.49. The first kappa shape index (κ1) is 56.5. The number of carbonyl (C=O) groups is 5. The van der Waals surface area contributed by atoms with Gasteiger partial charge in [-0.15, -0.1) is 4.99 Å². The normalized spacial score (nSPS) is 13.5. The molecule has 0 bridgehead atoms. The van der Waals surface area contributed by atoms with Crippen LogP contribution in [0.15, 0.2) is 34.3 Å². The molecule has 0 aliphatic carbocycles. The third-order valence-electron chi connectivity index (χ3n) is 8.41. The highest BCUT2D eigenvalue weighted by Gasteiger charge is 2.36. The van der Waals surface area contributed by atoms with E-state index in [1.807, 2.05) is 20.8 Å². The predicted molar refractivity (Wildman–Crippen MR) is 253 cm³/mol. The largest absolute Gasteiger partial charge is 0.494 e. The monoisotopic (exact) mass is 931 g/mol. The zero-order chi connectivity index (χ0) is 50.1. The number of amides is 5. The quantitative estimate of drug-likeness (QED) is 0.0647. The fraction of sp³-hybridized carbons (Fsp3) is 0.702. The second-order valence-electron chi connectivity index (χ2n) is 20.8. The molecule has 1 aromatic carbocycles. The summed E-state index contributed by atoms with van der Waals surface area (Å²) in [5, 5.41) is 13.9. The highest BCUT2D eigenvalue weighted by atomic mass is 16.6. The van der Waals surface area contributed by atoms with E-state index >= 15 is 0 Å². The van der Waals surface area contributed by atoms with Crippen LogP contribution in [0.1, 0.15) is 154 Å². The molecule has 1 aromatic rings. The summed E-state index contributed by atoms with van der Waals surface area (Å²) >= 11 is 0. The maximum absolute atomic E-state index is 14.0. The van der Waals surface area contributed by atoms with E-state index in [0.717, 1.165) is 30.6 Å². The minimum Gasteiger partial charge on any atom is -0.494 e. The first-order chi connectivity index (χ1) is 30.3. The molecule has 19 nitrogen and oxygen atoms in total. The van der Waals surface area contributed by atoms with Gasteiger partial charge >= 0.3 is 30.5 Å². The molecule has 0 fully saturated rings. The lowest BCUT2D eigenvalue weighted by atomic mass is 10.1. The molecule has 1 aliphatic rings. The van der Waals surface area contributed by atoms with Crippen molar-refractivity contribution in [2.75, 3.05) is 39.3 Å². The van der Waals surface area contributed by atoms with Gasteiger partial charge in [-0.2, -0.15) is 0 Å². The summed E-state index contributed by atoms with van der Waals surface area (Å²) in [5.74, 6) is 0.512. The van der Waals surface area contributed by atoms with Crippen LogP contribution in [0.2, 0.25) is 0 Å². The van der Waals surface area contributed by atoms with Crippen molar-refractivity contribution in [3.63, 3.8) is 0 Å². The Morgan fingerprint density at radius 1 is 0.652 bits per heavy atom. The molecule has 0 aromatic heterocycles.